The van der Waals surface area contributed by atoms with Crippen LogP contribution in [0, 0.1) is 5.92 Å². The van der Waals surface area contributed by atoms with Gasteiger partial charge in [-0.3, -0.25) is 0 Å². The smallest absolute Gasteiger partial charge is 0.230 e. The van der Waals surface area contributed by atoms with Gasteiger partial charge in [0.25, 0.3) is 0 Å². The first-order valence-corrected chi connectivity index (χ1v) is 7.95. The monoisotopic (exact) mass is 281 g/mol. The molecular weight excluding hydrogens is 254 g/mol. The summed E-state index contributed by atoms with van der Waals surface area (Å²) in [5.74, 6) is 2.27. The maximum Gasteiger partial charge on any atom is 0.230 e. The van der Waals surface area contributed by atoms with Gasteiger partial charge in [-0.2, -0.15) is 4.98 Å². The van der Waals surface area contributed by atoms with Crippen LogP contribution in [0.4, 0.5) is 0 Å². The predicted octanol–water partition coefficient (Wildman–Crippen LogP) is 3.18. The summed E-state index contributed by atoms with van der Waals surface area (Å²) in [6.07, 6.45) is 6.70. The van der Waals surface area contributed by atoms with Crippen molar-refractivity contribution in [3.8, 4) is 0 Å². The van der Waals surface area contributed by atoms with Crippen molar-refractivity contribution < 1.29 is 9.26 Å². The molecule has 3 unspecified atom stereocenters. The Morgan fingerprint density at radius 3 is 2.85 bits per heavy atom. The molecule has 5 nitrogen and oxygen atoms in total. The Hall–Kier alpha value is -0.940. The Balaban J connectivity index is 2.09. The Morgan fingerprint density at radius 1 is 1.35 bits per heavy atom. The number of hydrogen-bond acceptors (Lipinski definition) is 5. The summed E-state index contributed by atoms with van der Waals surface area (Å²) < 4.78 is 11.2. The van der Waals surface area contributed by atoms with Gasteiger partial charge in [-0.1, -0.05) is 31.3 Å². The molecule has 1 heterocycles. The molecule has 5 heteroatoms. The van der Waals surface area contributed by atoms with Crippen molar-refractivity contribution in [3.63, 3.8) is 0 Å². The molecule has 1 saturated carbocycles. The molecule has 2 rings (SSSR count). The third-order valence-electron chi connectivity index (χ3n) is 4.19. The van der Waals surface area contributed by atoms with E-state index in [9.17, 15) is 0 Å². The van der Waals surface area contributed by atoms with Crippen LogP contribution >= 0.6 is 0 Å². The molecule has 0 spiro atoms. The van der Waals surface area contributed by atoms with Crippen molar-refractivity contribution in [2.45, 2.75) is 64.4 Å². The van der Waals surface area contributed by atoms with Gasteiger partial charge < -0.3 is 15.0 Å². The molecule has 1 aliphatic carbocycles. The van der Waals surface area contributed by atoms with Crippen LogP contribution in [0.1, 0.15) is 76.1 Å². The minimum Gasteiger partial charge on any atom is -0.370 e. The molecule has 3 atom stereocenters. The van der Waals surface area contributed by atoms with Gasteiger partial charge in [-0.25, -0.2) is 0 Å². The molecule has 0 bridgehead atoms. The SMILES string of the molecule is CCCC(OCC)c1noc(C2CCCCC2CN)n1. The standard InChI is InChI=1S/C15H27N3O2/c1-3-7-13(19-4-2)14-17-15(20-18-14)12-9-6-5-8-11(12)10-16/h11-13H,3-10,16H2,1-2H3. The lowest BCUT2D eigenvalue weighted by Crippen LogP contribution is -2.25. The zero-order valence-electron chi connectivity index (χ0n) is 12.7. The average molecular weight is 281 g/mol. The first-order chi connectivity index (χ1) is 9.80. The fourth-order valence-electron chi connectivity index (χ4n) is 3.09. The molecule has 114 valence electrons. The highest BCUT2D eigenvalue weighted by molar-refractivity contribution is 5.00. The first-order valence-electron chi connectivity index (χ1n) is 7.95. The van der Waals surface area contributed by atoms with E-state index in [0.717, 1.165) is 25.2 Å². The predicted molar refractivity (Wildman–Crippen MR) is 77.3 cm³/mol. The van der Waals surface area contributed by atoms with E-state index >= 15 is 0 Å². The van der Waals surface area contributed by atoms with Crippen molar-refractivity contribution in [2.24, 2.45) is 11.7 Å². The van der Waals surface area contributed by atoms with Crippen LogP contribution in [0.2, 0.25) is 0 Å². The van der Waals surface area contributed by atoms with E-state index in [0.29, 0.717) is 30.8 Å². The van der Waals surface area contributed by atoms with Crippen LogP contribution in [-0.2, 0) is 4.74 Å². The highest BCUT2D eigenvalue weighted by atomic mass is 16.5. The largest absolute Gasteiger partial charge is 0.370 e. The minimum atomic E-state index is -0.0394. The number of nitrogens with zero attached hydrogens (tertiary/aromatic N) is 2. The summed E-state index contributed by atoms with van der Waals surface area (Å²) in [4.78, 5) is 4.61. The van der Waals surface area contributed by atoms with E-state index in [1.54, 1.807) is 0 Å². The van der Waals surface area contributed by atoms with Crippen LogP contribution in [0.15, 0.2) is 4.52 Å². The zero-order valence-corrected chi connectivity index (χ0v) is 12.7. The van der Waals surface area contributed by atoms with E-state index in [1.165, 1.54) is 19.3 Å². The molecule has 0 amide bonds. The molecule has 1 aromatic rings. The minimum absolute atomic E-state index is 0.0394. The zero-order chi connectivity index (χ0) is 14.4. The maximum absolute atomic E-state index is 5.88. The van der Waals surface area contributed by atoms with E-state index in [2.05, 4.69) is 17.1 Å². The fraction of sp³-hybridized carbons (Fsp3) is 0.867. The number of rotatable bonds is 7. The Labute approximate surface area is 121 Å². The lowest BCUT2D eigenvalue weighted by Gasteiger charge is -2.27. The van der Waals surface area contributed by atoms with Crippen molar-refractivity contribution in [1.29, 1.82) is 0 Å². The van der Waals surface area contributed by atoms with Crippen LogP contribution in [0.5, 0.6) is 0 Å². The highest BCUT2D eigenvalue weighted by Gasteiger charge is 2.31. The van der Waals surface area contributed by atoms with Gasteiger partial charge >= 0.3 is 0 Å². The normalized spacial score (nSPS) is 24.8. The van der Waals surface area contributed by atoms with E-state index in [-0.39, 0.29) is 6.10 Å². The van der Waals surface area contributed by atoms with Gasteiger partial charge in [0.05, 0.1) is 0 Å². The number of nitrogens with two attached hydrogens (primary N) is 1. The quantitative estimate of drug-likeness (QED) is 0.830. The van der Waals surface area contributed by atoms with E-state index in [4.69, 9.17) is 15.0 Å². The second kappa shape index (κ2) is 7.74. The summed E-state index contributed by atoms with van der Waals surface area (Å²) in [7, 11) is 0. The summed E-state index contributed by atoms with van der Waals surface area (Å²) in [5.41, 5.74) is 5.88. The van der Waals surface area contributed by atoms with E-state index < -0.39 is 0 Å². The van der Waals surface area contributed by atoms with Crippen LogP contribution in [0.25, 0.3) is 0 Å². The molecule has 1 aliphatic rings. The van der Waals surface area contributed by atoms with Gasteiger partial charge in [-0.15, -0.1) is 0 Å². The molecule has 20 heavy (non-hydrogen) atoms. The van der Waals surface area contributed by atoms with Crippen molar-refractivity contribution in [3.05, 3.63) is 11.7 Å². The molecule has 0 aromatic carbocycles. The van der Waals surface area contributed by atoms with Crippen LogP contribution in [-0.4, -0.2) is 23.3 Å². The number of ether oxygens (including phenoxy) is 1. The maximum atomic E-state index is 5.88. The van der Waals surface area contributed by atoms with Crippen molar-refractivity contribution in [1.82, 2.24) is 10.1 Å². The summed E-state index contributed by atoms with van der Waals surface area (Å²) in [6.45, 7) is 5.50. The Kier molecular flexibility index (Phi) is 5.98. The third-order valence-corrected chi connectivity index (χ3v) is 4.19. The second-order valence-electron chi connectivity index (χ2n) is 5.61. The highest BCUT2D eigenvalue weighted by Crippen LogP contribution is 2.37. The topological polar surface area (TPSA) is 74.2 Å². The molecule has 2 N–H and O–H groups in total. The molecule has 0 radical (unpaired) electrons. The first kappa shape index (κ1) is 15.4. The van der Waals surface area contributed by atoms with Crippen LogP contribution < -0.4 is 5.73 Å². The molecule has 1 fully saturated rings. The fourth-order valence-corrected chi connectivity index (χ4v) is 3.09. The third kappa shape index (κ3) is 3.58. The lowest BCUT2D eigenvalue weighted by atomic mass is 9.79. The Morgan fingerprint density at radius 2 is 2.15 bits per heavy atom. The van der Waals surface area contributed by atoms with Gasteiger partial charge in [0.1, 0.15) is 6.10 Å². The number of aromatic nitrogens is 2. The van der Waals surface area contributed by atoms with Gasteiger partial charge in [0.2, 0.25) is 11.7 Å². The molecule has 0 saturated heterocycles. The summed E-state index contributed by atoms with van der Waals surface area (Å²) >= 11 is 0. The van der Waals surface area contributed by atoms with Crippen molar-refractivity contribution in [2.75, 3.05) is 13.2 Å². The van der Waals surface area contributed by atoms with Gasteiger partial charge in [0.15, 0.2) is 0 Å². The second-order valence-corrected chi connectivity index (χ2v) is 5.61. The Bertz CT molecular complexity index is 388. The van der Waals surface area contributed by atoms with E-state index in [1.807, 2.05) is 6.92 Å². The molecule has 0 aliphatic heterocycles. The average Bonchev–Trinajstić information content (AvgIpc) is 2.96. The van der Waals surface area contributed by atoms with Gasteiger partial charge in [-0.05, 0) is 38.6 Å². The summed E-state index contributed by atoms with van der Waals surface area (Å²) in [6, 6.07) is 0. The molecule has 1 aromatic heterocycles. The lowest BCUT2D eigenvalue weighted by molar-refractivity contribution is 0.0477. The van der Waals surface area contributed by atoms with Gasteiger partial charge in [0, 0.05) is 12.5 Å². The molecular formula is C15H27N3O2. The summed E-state index contributed by atoms with van der Waals surface area (Å²) in [5, 5.41) is 4.15. The number of hydrogen-bond donors (Lipinski definition) is 1. The van der Waals surface area contributed by atoms with Crippen molar-refractivity contribution >= 4 is 0 Å². The van der Waals surface area contributed by atoms with Crippen LogP contribution in [0.3, 0.4) is 0 Å².